The maximum Gasteiger partial charge on any atom is 0.416 e. The van der Waals surface area contributed by atoms with Crippen molar-refractivity contribution in [1.29, 1.82) is 5.26 Å². The van der Waals surface area contributed by atoms with Crippen LogP contribution in [0.15, 0.2) is 58.5 Å². The number of alkyl halides is 3. The van der Waals surface area contributed by atoms with Crippen LogP contribution in [-0.2, 0) is 31.7 Å². The summed E-state index contributed by atoms with van der Waals surface area (Å²) in [7, 11) is 4.52. The monoisotopic (exact) mass is 656 g/mol. The number of aromatic amines is 1. The molecule has 2 aromatic carbocycles. The minimum Gasteiger partial charge on any atom is -0.544 e. The van der Waals surface area contributed by atoms with E-state index in [2.05, 4.69) is 16.3 Å². The molecule has 0 spiro atoms. The van der Waals surface area contributed by atoms with E-state index in [0.717, 1.165) is 19.2 Å². The number of aliphatic carboxylic acids is 1. The Morgan fingerprint density at radius 3 is 2.51 bits per heavy atom. The van der Waals surface area contributed by atoms with Gasteiger partial charge in [0.05, 0.1) is 62.6 Å². The molecule has 1 N–H and O–H groups in total. The number of nitriles is 1. The second-order valence-corrected chi connectivity index (χ2v) is 11.5. The van der Waals surface area contributed by atoms with Gasteiger partial charge < -0.3 is 23.9 Å². The summed E-state index contributed by atoms with van der Waals surface area (Å²) in [4.78, 5) is 39.7. The third kappa shape index (κ3) is 7.55. The van der Waals surface area contributed by atoms with Crippen molar-refractivity contribution in [1.82, 2.24) is 14.8 Å². The number of allylic oxidation sites excluding steroid dienone is 1. The molecular formula is C32H35F3N6O6. The summed E-state index contributed by atoms with van der Waals surface area (Å²) in [6.07, 6.45) is -3.23. The summed E-state index contributed by atoms with van der Waals surface area (Å²) in [5, 5.41) is 27.7. The molecule has 47 heavy (non-hydrogen) atoms. The third-order valence-corrected chi connectivity index (χ3v) is 8.25. The number of hydrogen-bond acceptors (Lipinski definition) is 9. The number of fused-ring (bicyclic) bond motifs is 1. The lowest BCUT2D eigenvalue weighted by molar-refractivity contribution is -0.904. The first-order valence-corrected chi connectivity index (χ1v) is 14.7. The summed E-state index contributed by atoms with van der Waals surface area (Å²) >= 11 is 0. The van der Waals surface area contributed by atoms with E-state index in [0.29, 0.717) is 55.6 Å². The molecule has 1 aliphatic heterocycles. The third-order valence-electron chi connectivity index (χ3n) is 8.25. The van der Waals surface area contributed by atoms with E-state index >= 15 is 0 Å². The standard InChI is InChI=1S/C32H35F3N6O6/c1-20-27(29(44)47-4)28(40-30(37-38-31(40)45)39(20)24-10-5-9-23(17-24)32(33,34)35)25-12-11-21(18-36)16-22(25)8-6-13-41(2,19-26(42)43)14-7-15-46-3/h5,9-12,16-17,28H,6-8,13-15,19H2,1-4H3,(H-,38,42,43,45)/t28-,41?/m1/s1. The molecule has 0 radical (unpaired) electrons. The average Bonchev–Trinajstić information content (AvgIpc) is 3.40. The van der Waals surface area contributed by atoms with Gasteiger partial charge in [-0.05, 0) is 54.8 Å². The highest BCUT2D eigenvalue weighted by Crippen LogP contribution is 2.43. The van der Waals surface area contributed by atoms with Gasteiger partial charge in [0.25, 0.3) is 0 Å². The number of H-pyrrole nitrogens is 1. The van der Waals surface area contributed by atoms with Crippen LogP contribution in [0.25, 0.3) is 0 Å². The van der Waals surface area contributed by atoms with Crippen molar-refractivity contribution in [2.24, 2.45) is 0 Å². The predicted molar refractivity (Wildman–Crippen MR) is 161 cm³/mol. The summed E-state index contributed by atoms with van der Waals surface area (Å²) in [5.41, 5.74) is -0.119. The van der Waals surface area contributed by atoms with E-state index < -0.39 is 35.4 Å². The number of hydrogen-bond donors (Lipinski definition) is 1. The first kappa shape index (κ1) is 34.9. The van der Waals surface area contributed by atoms with Gasteiger partial charge in [-0.1, -0.05) is 12.1 Å². The molecule has 0 bridgehead atoms. The van der Waals surface area contributed by atoms with Crippen molar-refractivity contribution < 1.29 is 41.8 Å². The molecule has 12 nitrogen and oxygen atoms in total. The highest BCUT2D eigenvalue weighted by Gasteiger charge is 2.41. The number of carboxylic acid groups (broad SMARTS) is 1. The Bertz CT molecular complexity index is 1780. The molecule has 0 saturated carbocycles. The van der Waals surface area contributed by atoms with E-state index in [9.17, 15) is 37.9 Å². The second kappa shape index (κ2) is 14.2. The van der Waals surface area contributed by atoms with Gasteiger partial charge >= 0.3 is 17.8 Å². The number of carbonyl (C=O) groups excluding carboxylic acids is 2. The maximum atomic E-state index is 13.7. The molecule has 0 aliphatic carbocycles. The largest absolute Gasteiger partial charge is 0.544 e. The molecule has 0 amide bonds. The molecule has 0 saturated heterocycles. The Morgan fingerprint density at radius 1 is 1.15 bits per heavy atom. The summed E-state index contributed by atoms with van der Waals surface area (Å²) in [6.45, 7) is 2.71. The Balaban J connectivity index is 1.83. The van der Waals surface area contributed by atoms with Crippen molar-refractivity contribution in [3.63, 3.8) is 0 Å². The van der Waals surface area contributed by atoms with E-state index in [1.54, 1.807) is 26.3 Å². The van der Waals surface area contributed by atoms with Crippen molar-refractivity contribution in [3.05, 3.63) is 86.5 Å². The first-order chi connectivity index (χ1) is 22.2. The quantitative estimate of drug-likeness (QED) is 0.166. The van der Waals surface area contributed by atoms with Crippen molar-refractivity contribution in [2.45, 2.75) is 38.4 Å². The lowest BCUT2D eigenvalue weighted by Crippen LogP contribution is -2.52. The van der Waals surface area contributed by atoms with Gasteiger partial charge in [-0.25, -0.2) is 19.3 Å². The highest BCUT2D eigenvalue weighted by molar-refractivity contribution is 5.93. The Kier molecular flexibility index (Phi) is 10.6. The van der Waals surface area contributed by atoms with E-state index in [1.165, 1.54) is 34.6 Å². The number of nitrogens with zero attached hydrogens (tertiary/aromatic N) is 5. The molecule has 15 heteroatoms. The molecule has 1 aliphatic rings. The predicted octanol–water partition coefficient (Wildman–Crippen LogP) is 2.82. The van der Waals surface area contributed by atoms with E-state index in [1.807, 2.05) is 0 Å². The maximum absolute atomic E-state index is 13.7. The molecule has 1 unspecified atom stereocenters. The second-order valence-electron chi connectivity index (χ2n) is 11.5. The zero-order chi connectivity index (χ0) is 34.5. The number of esters is 1. The van der Waals surface area contributed by atoms with Gasteiger partial charge in [-0.3, -0.25) is 4.90 Å². The smallest absolute Gasteiger partial charge is 0.416 e. The van der Waals surface area contributed by atoms with Crippen LogP contribution >= 0.6 is 0 Å². The summed E-state index contributed by atoms with van der Waals surface area (Å²) in [5.74, 6) is -2.08. The molecule has 1 aromatic heterocycles. The van der Waals surface area contributed by atoms with Crippen LogP contribution in [-0.4, -0.2) is 78.7 Å². The Morgan fingerprint density at radius 2 is 1.87 bits per heavy atom. The number of likely N-dealkylation sites (N-methyl/N-ethyl adjacent to an activating group) is 1. The number of carboxylic acids is 1. The zero-order valence-electron chi connectivity index (χ0n) is 26.4. The van der Waals surface area contributed by atoms with Gasteiger partial charge in [-0.15, -0.1) is 5.10 Å². The highest BCUT2D eigenvalue weighted by atomic mass is 19.4. The van der Waals surface area contributed by atoms with Gasteiger partial charge in [0, 0.05) is 31.3 Å². The number of methoxy groups -OCH3 is 2. The number of carbonyl (C=O) groups is 2. The van der Waals surface area contributed by atoms with Crippen LogP contribution in [0.5, 0.6) is 0 Å². The lowest BCUT2D eigenvalue weighted by Gasteiger charge is -2.36. The Hall–Kier alpha value is -4.94. The number of ether oxygens (including phenoxy) is 2. The molecule has 250 valence electrons. The van der Waals surface area contributed by atoms with Gasteiger partial charge in [0.2, 0.25) is 5.95 Å². The van der Waals surface area contributed by atoms with Gasteiger partial charge in [0.1, 0.15) is 12.6 Å². The number of aromatic nitrogens is 3. The molecule has 3 aromatic rings. The fourth-order valence-electron chi connectivity index (χ4n) is 6.06. The topological polar surface area (TPSA) is 153 Å². The van der Waals surface area contributed by atoms with Gasteiger partial charge in [-0.2, -0.15) is 18.4 Å². The number of quaternary nitrogens is 1. The molecule has 2 atom stereocenters. The Labute approximate surface area is 268 Å². The minimum absolute atomic E-state index is 0.0101. The van der Waals surface area contributed by atoms with Crippen molar-refractivity contribution in [3.8, 4) is 6.07 Å². The van der Waals surface area contributed by atoms with Crippen molar-refractivity contribution in [2.75, 3.05) is 52.4 Å². The van der Waals surface area contributed by atoms with Crippen LogP contribution in [0, 0.1) is 11.3 Å². The molecule has 2 heterocycles. The van der Waals surface area contributed by atoms with Gasteiger partial charge in [0.15, 0.2) is 0 Å². The van der Waals surface area contributed by atoms with Crippen LogP contribution in [0.2, 0.25) is 0 Å². The number of halogens is 3. The van der Waals surface area contributed by atoms with E-state index in [4.69, 9.17) is 9.47 Å². The fraction of sp³-hybridized carbons (Fsp3) is 0.406. The molecular weight excluding hydrogens is 621 g/mol. The minimum atomic E-state index is -4.65. The summed E-state index contributed by atoms with van der Waals surface area (Å²) in [6, 6.07) is 10.2. The lowest BCUT2D eigenvalue weighted by atomic mass is 9.88. The number of aryl methyl sites for hydroxylation is 1. The number of rotatable bonds is 13. The zero-order valence-corrected chi connectivity index (χ0v) is 26.4. The van der Waals surface area contributed by atoms with Crippen LogP contribution in [0.1, 0.15) is 48.1 Å². The van der Waals surface area contributed by atoms with Crippen LogP contribution < -0.4 is 15.7 Å². The number of nitrogens with one attached hydrogen (secondary N) is 1. The number of benzene rings is 2. The molecule has 4 rings (SSSR count). The van der Waals surface area contributed by atoms with Crippen LogP contribution in [0.4, 0.5) is 24.8 Å². The fourth-order valence-corrected chi connectivity index (χ4v) is 6.06. The van der Waals surface area contributed by atoms with Crippen molar-refractivity contribution >= 4 is 23.6 Å². The average molecular weight is 657 g/mol. The van der Waals surface area contributed by atoms with Crippen LogP contribution in [0.3, 0.4) is 0 Å². The summed E-state index contributed by atoms with van der Waals surface area (Å²) < 4.78 is 52.6. The normalized spacial score (nSPS) is 16.0. The SMILES string of the molecule is COCCC[N+](C)(CCCc1cc(C#N)ccc1[C@@H]1C(C(=O)OC)=C(C)N(c2cccc(C(F)(F)F)c2)c2n[nH]c(=O)n21)CC(=O)[O-]. The first-order valence-electron chi connectivity index (χ1n) is 14.7. The number of anilines is 2. The molecule has 0 fully saturated rings. The van der Waals surface area contributed by atoms with E-state index in [-0.39, 0.29) is 33.9 Å².